The Balaban J connectivity index is 1.79. The van der Waals surface area contributed by atoms with Crippen molar-refractivity contribution in [3.05, 3.63) is 28.8 Å². The minimum Gasteiger partial charge on any atom is -0.481 e. The maximum absolute atomic E-state index is 12.8. The van der Waals surface area contributed by atoms with E-state index >= 15 is 0 Å². The van der Waals surface area contributed by atoms with Crippen LogP contribution in [0.5, 0.6) is 0 Å². The molecule has 9 heteroatoms. The number of carboxylic acid groups (broad SMARTS) is 1. The van der Waals surface area contributed by atoms with Gasteiger partial charge in [-0.15, -0.1) is 0 Å². The lowest BCUT2D eigenvalue weighted by Crippen LogP contribution is -2.46. The van der Waals surface area contributed by atoms with Crippen molar-refractivity contribution < 1.29 is 24.2 Å². The molecule has 0 unspecified atom stereocenters. The van der Waals surface area contributed by atoms with E-state index in [2.05, 4.69) is 5.32 Å². The van der Waals surface area contributed by atoms with Crippen LogP contribution in [0.25, 0.3) is 0 Å². The van der Waals surface area contributed by atoms with Crippen LogP contribution in [-0.4, -0.2) is 66.8 Å². The van der Waals surface area contributed by atoms with Gasteiger partial charge in [0, 0.05) is 31.9 Å². The van der Waals surface area contributed by atoms with E-state index in [-0.39, 0.29) is 42.1 Å². The molecule has 0 bridgehead atoms. The molecular formula is C16H18ClN3O5. The lowest BCUT2D eigenvalue weighted by atomic mass is 10.1. The Labute approximate surface area is 149 Å². The van der Waals surface area contributed by atoms with E-state index < -0.39 is 12.1 Å². The van der Waals surface area contributed by atoms with Gasteiger partial charge in [-0.2, -0.15) is 0 Å². The van der Waals surface area contributed by atoms with Crippen LogP contribution in [0.3, 0.4) is 0 Å². The zero-order chi connectivity index (χ0) is 18.0. The Morgan fingerprint density at radius 3 is 2.84 bits per heavy atom. The topological polar surface area (TPSA) is 99.2 Å². The number of nitrogens with one attached hydrogen (secondary N) is 1. The lowest BCUT2D eigenvalue weighted by molar-refractivity contribution is -0.141. The average Bonchev–Trinajstić information content (AvgIpc) is 3.00. The zero-order valence-corrected chi connectivity index (χ0v) is 14.2. The summed E-state index contributed by atoms with van der Waals surface area (Å²) in [6.07, 6.45) is -0.701. The highest BCUT2D eigenvalue weighted by atomic mass is 35.5. The molecule has 0 radical (unpaired) electrons. The SMILES string of the molecule is O=C(O)C[C@H]1CN(C(=O)c2cc(N3CCNC3=O)ccc2Cl)CCO1. The maximum Gasteiger partial charge on any atom is 0.321 e. The van der Waals surface area contributed by atoms with Crippen molar-refractivity contribution in [3.63, 3.8) is 0 Å². The second-order valence-corrected chi connectivity index (χ2v) is 6.30. The summed E-state index contributed by atoms with van der Waals surface area (Å²) >= 11 is 6.18. The van der Waals surface area contributed by atoms with Gasteiger partial charge < -0.3 is 20.1 Å². The molecule has 2 N–H and O–H groups in total. The molecule has 1 aromatic carbocycles. The molecule has 0 spiro atoms. The van der Waals surface area contributed by atoms with Crippen LogP contribution in [-0.2, 0) is 9.53 Å². The number of hydrogen-bond donors (Lipinski definition) is 2. The summed E-state index contributed by atoms with van der Waals surface area (Å²) in [5, 5.41) is 11.9. The van der Waals surface area contributed by atoms with E-state index in [9.17, 15) is 14.4 Å². The largest absolute Gasteiger partial charge is 0.481 e. The summed E-state index contributed by atoms with van der Waals surface area (Å²) in [5.41, 5.74) is 0.882. The van der Waals surface area contributed by atoms with Crippen LogP contribution >= 0.6 is 11.6 Å². The Bertz CT molecular complexity index is 711. The first-order valence-corrected chi connectivity index (χ1v) is 8.31. The fourth-order valence-corrected chi connectivity index (χ4v) is 3.15. The van der Waals surface area contributed by atoms with Gasteiger partial charge in [-0.3, -0.25) is 14.5 Å². The summed E-state index contributed by atoms with van der Waals surface area (Å²) < 4.78 is 5.39. The number of halogens is 1. The van der Waals surface area contributed by atoms with Gasteiger partial charge in [0.2, 0.25) is 0 Å². The van der Waals surface area contributed by atoms with E-state index in [0.29, 0.717) is 25.3 Å². The minimum absolute atomic E-state index is 0.161. The van der Waals surface area contributed by atoms with Gasteiger partial charge in [0.15, 0.2) is 0 Å². The van der Waals surface area contributed by atoms with Crippen molar-refractivity contribution in [2.24, 2.45) is 0 Å². The molecule has 8 nitrogen and oxygen atoms in total. The predicted molar refractivity (Wildman–Crippen MR) is 90.1 cm³/mol. The number of carboxylic acids is 1. The molecule has 3 rings (SSSR count). The summed E-state index contributed by atoms with van der Waals surface area (Å²) in [5.74, 6) is -1.27. The van der Waals surface area contributed by atoms with E-state index in [4.69, 9.17) is 21.4 Å². The third-order valence-electron chi connectivity index (χ3n) is 4.18. The smallest absolute Gasteiger partial charge is 0.321 e. The highest BCUT2D eigenvalue weighted by Crippen LogP contribution is 2.26. The first-order chi connectivity index (χ1) is 12.0. The monoisotopic (exact) mass is 367 g/mol. The van der Waals surface area contributed by atoms with Gasteiger partial charge in [0.25, 0.3) is 5.91 Å². The molecule has 25 heavy (non-hydrogen) atoms. The molecule has 1 aromatic rings. The number of nitrogens with zero attached hydrogens (tertiary/aromatic N) is 2. The zero-order valence-electron chi connectivity index (χ0n) is 13.4. The molecule has 0 saturated carbocycles. The Morgan fingerprint density at radius 1 is 1.36 bits per heavy atom. The van der Waals surface area contributed by atoms with E-state index in [0.717, 1.165) is 0 Å². The quantitative estimate of drug-likeness (QED) is 0.832. The van der Waals surface area contributed by atoms with E-state index in [1.807, 2.05) is 0 Å². The predicted octanol–water partition coefficient (Wildman–Crippen LogP) is 1.19. The number of ether oxygens (including phenoxy) is 1. The van der Waals surface area contributed by atoms with Crippen LogP contribution in [0.15, 0.2) is 18.2 Å². The number of hydrogen-bond acceptors (Lipinski definition) is 4. The number of carbonyl (C=O) groups is 3. The molecule has 0 aromatic heterocycles. The minimum atomic E-state index is -0.973. The molecule has 2 aliphatic rings. The Hall–Kier alpha value is -2.32. The lowest BCUT2D eigenvalue weighted by Gasteiger charge is -2.32. The third kappa shape index (κ3) is 3.85. The second-order valence-electron chi connectivity index (χ2n) is 5.89. The van der Waals surface area contributed by atoms with Crippen molar-refractivity contribution in [3.8, 4) is 0 Å². The average molecular weight is 368 g/mol. The molecular weight excluding hydrogens is 350 g/mol. The number of carbonyl (C=O) groups excluding carboxylic acids is 2. The fourth-order valence-electron chi connectivity index (χ4n) is 2.96. The third-order valence-corrected chi connectivity index (χ3v) is 4.51. The van der Waals surface area contributed by atoms with Crippen LogP contribution < -0.4 is 10.2 Å². The van der Waals surface area contributed by atoms with Crippen LogP contribution in [0.1, 0.15) is 16.8 Å². The van der Waals surface area contributed by atoms with Crippen molar-refractivity contribution in [1.29, 1.82) is 0 Å². The summed E-state index contributed by atoms with van der Waals surface area (Å²) in [6, 6.07) is 4.66. The number of urea groups is 1. The van der Waals surface area contributed by atoms with Crippen LogP contribution in [0.4, 0.5) is 10.5 Å². The number of aliphatic carboxylic acids is 1. The number of benzene rings is 1. The molecule has 0 aliphatic carbocycles. The normalized spacial score (nSPS) is 20.5. The summed E-state index contributed by atoms with van der Waals surface area (Å²) in [6.45, 7) is 1.89. The number of amides is 3. The van der Waals surface area contributed by atoms with Gasteiger partial charge in [0.1, 0.15) is 0 Å². The van der Waals surface area contributed by atoms with Crippen molar-refractivity contribution in [2.75, 3.05) is 37.7 Å². The first kappa shape index (κ1) is 17.5. The van der Waals surface area contributed by atoms with Crippen LogP contribution in [0, 0.1) is 0 Å². The summed E-state index contributed by atoms with van der Waals surface area (Å²) in [4.78, 5) is 38.5. The molecule has 2 fully saturated rings. The van der Waals surface area contributed by atoms with E-state index in [1.54, 1.807) is 23.1 Å². The molecule has 2 saturated heterocycles. The highest BCUT2D eigenvalue weighted by Gasteiger charge is 2.29. The molecule has 1 atom stereocenters. The highest BCUT2D eigenvalue weighted by molar-refractivity contribution is 6.34. The van der Waals surface area contributed by atoms with Gasteiger partial charge in [-0.1, -0.05) is 11.6 Å². The van der Waals surface area contributed by atoms with Crippen molar-refractivity contribution in [1.82, 2.24) is 10.2 Å². The maximum atomic E-state index is 12.8. The van der Waals surface area contributed by atoms with Gasteiger partial charge in [-0.25, -0.2) is 4.79 Å². The second kappa shape index (κ2) is 7.28. The van der Waals surface area contributed by atoms with Crippen LogP contribution in [0.2, 0.25) is 5.02 Å². The number of anilines is 1. The number of rotatable bonds is 4. The fraction of sp³-hybridized carbons (Fsp3) is 0.438. The Kier molecular flexibility index (Phi) is 5.10. The Morgan fingerprint density at radius 2 is 2.16 bits per heavy atom. The van der Waals surface area contributed by atoms with E-state index in [1.165, 1.54) is 4.90 Å². The molecule has 3 amide bonds. The first-order valence-electron chi connectivity index (χ1n) is 7.93. The van der Waals surface area contributed by atoms with Gasteiger partial charge in [-0.05, 0) is 18.2 Å². The van der Waals surface area contributed by atoms with Crippen molar-refractivity contribution in [2.45, 2.75) is 12.5 Å². The van der Waals surface area contributed by atoms with Crippen molar-refractivity contribution >= 4 is 35.2 Å². The van der Waals surface area contributed by atoms with Gasteiger partial charge >= 0.3 is 12.0 Å². The standard InChI is InChI=1S/C16H18ClN3O5/c17-13-2-1-10(20-4-3-18-16(20)24)7-12(13)15(23)19-5-6-25-11(9-19)8-14(21)22/h1-2,7,11H,3-6,8-9H2,(H,18,24)(H,21,22)/t11-/m0/s1. The molecule has 2 heterocycles. The molecule has 134 valence electrons. The van der Waals surface area contributed by atoms with Gasteiger partial charge in [0.05, 0.1) is 29.7 Å². The summed E-state index contributed by atoms with van der Waals surface area (Å²) in [7, 11) is 0. The number of morpholine rings is 1. The molecule has 2 aliphatic heterocycles.